The van der Waals surface area contributed by atoms with Gasteiger partial charge in [0.2, 0.25) is 5.91 Å². The predicted molar refractivity (Wildman–Crippen MR) is 54.2 cm³/mol. The van der Waals surface area contributed by atoms with Crippen LogP contribution in [0.2, 0.25) is 0 Å². The van der Waals surface area contributed by atoms with Crippen LogP contribution in [-0.4, -0.2) is 43.0 Å². The number of rotatable bonds is 5. The molecule has 0 radical (unpaired) electrons. The lowest BCUT2D eigenvalue weighted by Gasteiger charge is -2.11. The van der Waals surface area contributed by atoms with Gasteiger partial charge >= 0.3 is 0 Å². The van der Waals surface area contributed by atoms with Crippen molar-refractivity contribution in [1.82, 2.24) is 4.90 Å². The molecule has 0 spiro atoms. The van der Waals surface area contributed by atoms with Crippen molar-refractivity contribution in [3.05, 3.63) is 0 Å². The summed E-state index contributed by atoms with van der Waals surface area (Å²) in [4.78, 5) is 12.7. The van der Waals surface area contributed by atoms with E-state index < -0.39 is 0 Å². The van der Waals surface area contributed by atoms with Gasteiger partial charge in [-0.3, -0.25) is 4.79 Å². The number of hydrogen-bond donors (Lipinski definition) is 1. The second-order valence-electron chi connectivity index (χ2n) is 3.14. The van der Waals surface area contributed by atoms with Crippen molar-refractivity contribution in [3.63, 3.8) is 0 Å². The molecule has 0 fully saturated rings. The first kappa shape index (κ1) is 11.8. The Balaban J connectivity index is 3.37. The van der Waals surface area contributed by atoms with Crippen LogP contribution in [0.25, 0.3) is 0 Å². The van der Waals surface area contributed by atoms with Crippen molar-refractivity contribution in [2.24, 2.45) is 11.7 Å². The summed E-state index contributed by atoms with van der Waals surface area (Å²) in [5, 5.41) is 0. The van der Waals surface area contributed by atoms with Crippen molar-refractivity contribution < 1.29 is 4.79 Å². The average molecular weight is 190 g/mol. The summed E-state index contributed by atoms with van der Waals surface area (Å²) >= 11 is 1.65. The molecule has 0 saturated carbocycles. The van der Waals surface area contributed by atoms with Gasteiger partial charge in [0, 0.05) is 14.1 Å². The molecule has 1 atom stereocenters. The Morgan fingerprint density at radius 2 is 2.17 bits per heavy atom. The molecule has 0 rings (SSSR count). The van der Waals surface area contributed by atoms with E-state index in [4.69, 9.17) is 5.73 Å². The summed E-state index contributed by atoms with van der Waals surface area (Å²) < 4.78 is 0. The minimum atomic E-state index is 0.171. The zero-order chi connectivity index (χ0) is 9.56. The van der Waals surface area contributed by atoms with Crippen molar-refractivity contribution in [2.45, 2.75) is 6.92 Å². The summed E-state index contributed by atoms with van der Waals surface area (Å²) in [5.74, 6) is 2.21. The lowest BCUT2D eigenvalue weighted by atomic mass is 10.2. The minimum absolute atomic E-state index is 0.171. The molecule has 0 aromatic heterocycles. The molecule has 0 bridgehead atoms. The van der Waals surface area contributed by atoms with Crippen LogP contribution in [0.15, 0.2) is 0 Å². The molecule has 0 heterocycles. The predicted octanol–water partition coefficient (Wildman–Crippen LogP) is 0.403. The number of nitrogens with two attached hydrogens (primary N) is 1. The SMILES string of the molecule is CC(CN)CSCC(=O)N(C)C. The summed E-state index contributed by atoms with van der Waals surface area (Å²) in [6.45, 7) is 2.79. The van der Waals surface area contributed by atoms with Crippen LogP contribution < -0.4 is 5.73 Å². The lowest BCUT2D eigenvalue weighted by molar-refractivity contribution is -0.125. The van der Waals surface area contributed by atoms with Crippen LogP contribution in [0.4, 0.5) is 0 Å². The summed E-state index contributed by atoms with van der Waals surface area (Å²) in [5.41, 5.74) is 5.44. The molecule has 0 aromatic rings. The maximum absolute atomic E-state index is 11.1. The molecule has 0 aliphatic heterocycles. The van der Waals surface area contributed by atoms with Crippen molar-refractivity contribution in [3.8, 4) is 0 Å². The van der Waals surface area contributed by atoms with Gasteiger partial charge in [0.25, 0.3) is 0 Å². The molecule has 72 valence electrons. The molecule has 3 nitrogen and oxygen atoms in total. The van der Waals surface area contributed by atoms with E-state index in [1.807, 2.05) is 0 Å². The zero-order valence-electron chi connectivity index (χ0n) is 8.04. The summed E-state index contributed by atoms with van der Waals surface area (Å²) in [6.07, 6.45) is 0. The summed E-state index contributed by atoms with van der Waals surface area (Å²) in [6, 6.07) is 0. The Bertz CT molecular complexity index is 139. The molecule has 1 unspecified atom stereocenters. The fourth-order valence-corrected chi connectivity index (χ4v) is 1.63. The maximum Gasteiger partial charge on any atom is 0.232 e. The quantitative estimate of drug-likeness (QED) is 0.682. The highest BCUT2D eigenvalue weighted by molar-refractivity contribution is 7.99. The fourth-order valence-electron chi connectivity index (χ4n) is 0.545. The van der Waals surface area contributed by atoms with Crippen LogP contribution in [0, 0.1) is 5.92 Å². The van der Waals surface area contributed by atoms with E-state index in [1.54, 1.807) is 30.8 Å². The average Bonchev–Trinajstić information content (AvgIpc) is 2.03. The first-order valence-electron chi connectivity index (χ1n) is 4.06. The van der Waals surface area contributed by atoms with Crippen LogP contribution in [-0.2, 0) is 4.79 Å². The third kappa shape index (κ3) is 5.43. The topological polar surface area (TPSA) is 46.3 Å². The van der Waals surface area contributed by atoms with Crippen molar-refractivity contribution in [2.75, 3.05) is 32.1 Å². The van der Waals surface area contributed by atoms with E-state index in [0.29, 0.717) is 18.2 Å². The highest BCUT2D eigenvalue weighted by Gasteiger charge is 2.05. The van der Waals surface area contributed by atoms with E-state index in [0.717, 1.165) is 5.75 Å². The zero-order valence-corrected chi connectivity index (χ0v) is 8.86. The Morgan fingerprint density at radius 3 is 2.58 bits per heavy atom. The fraction of sp³-hybridized carbons (Fsp3) is 0.875. The van der Waals surface area contributed by atoms with E-state index in [9.17, 15) is 4.79 Å². The Hall–Kier alpha value is -0.220. The Kier molecular flexibility index (Phi) is 6.20. The van der Waals surface area contributed by atoms with Crippen molar-refractivity contribution in [1.29, 1.82) is 0 Å². The third-order valence-corrected chi connectivity index (χ3v) is 2.78. The van der Waals surface area contributed by atoms with Gasteiger partial charge in [-0.1, -0.05) is 6.92 Å². The molecule has 4 heteroatoms. The number of hydrogen-bond acceptors (Lipinski definition) is 3. The first-order valence-corrected chi connectivity index (χ1v) is 5.21. The maximum atomic E-state index is 11.1. The monoisotopic (exact) mass is 190 g/mol. The number of thioether (sulfide) groups is 1. The first-order chi connectivity index (χ1) is 5.57. The smallest absolute Gasteiger partial charge is 0.232 e. The molecular formula is C8H18N2OS. The second-order valence-corrected chi connectivity index (χ2v) is 4.17. The van der Waals surface area contributed by atoms with Crippen LogP contribution >= 0.6 is 11.8 Å². The van der Waals surface area contributed by atoms with Gasteiger partial charge in [0.15, 0.2) is 0 Å². The summed E-state index contributed by atoms with van der Waals surface area (Å²) in [7, 11) is 3.55. The highest BCUT2D eigenvalue weighted by Crippen LogP contribution is 2.07. The number of carbonyl (C=O) groups is 1. The van der Waals surface area contributed by atoms with Crippen LogP contribution in [0.5, 0.6) is 0 Å². The molecular weight excluding hydrogens is 172 g/mol. The van der Waals surface area contributed by atoms with E-state index in [-0.39, 0.29) is 5.91 Å². The molecule has 0 aliphatic rings. The van der Waals surface area contributed by atoms with E-state index in [2.05, 4.69) is 6.92 Å². The van der Waals surface area contributed by atoms with Crippen LogP contribution in [0.3, 0.4) is 0 Å². The molecule has 1 amide bonds. The molecule has 0 aliphatic carbocycles. The second kappa shape index (κ2) is 6.31. The largest absolute Gasteiger partial charge is 0.348 e. The lowest BCUT2D eigenvalue weighted by Crippen LogP contribution is -2.24. The molecule has 2 N–H and O–H groups in total. The normalized spacial score (nSPS) is 12.7. The van der Waals surface area contributed by atoms with Crippen LogP contribution in [0.1, 0.15) is 6.92 Å². The molecule has 12 heavy (non-hydrogen) atoms. The van der Waals surface area contributed by atoms with Gasteiger partial charge in [-0.25, -0.2) is 0 Å². The van der Waals surface area contributed by atoms with Gasteiger partial charge in [-0.2, -0.15) is 11.8 Å². The van der Waals surface area contributed by atoms with E-state index in [1.165, 1.54) is 0 Å². The van der Waals surface area contributed by atoms with Gasteiger partial charge in [-0.15, -0.1) is 0 Å². The van der Waals surface area contributed by atoms with E-state index >= 15 is 0 Å². The molecule has 0 aromatic carbocycles. The number of amides is 1. The number of carbonyl (C=O) groups excluding carboxylic acids is 1. The minimum Gasteiger partial charge on any atom is -0.348 e. The number of nitrogens with zero attached hydrogens (tertiary/aromatic N) is 1. The van der Waals surface area contributed by atoms with Gasteiger partial charge < -0.3 is 10.6 Å². The standard InChI is InChI=1S/C8H18N2OS/c1-7(4-9)5-12-6-8(11)10(2)3/h7H,4-6,9H2,1-3H3. The van der Waals surface area contributed by atoms with Gasteiger partial charge in [0.1, 0.15) is 0 Å². The third-order valence-electron chi connectivity index (χ3n) is 1.53. The Morgan fingerprint density at radius 1 is 1.58 bits per heavy atom. The van der Waals surface area contributed by atoms with Gasteiger partial charge in [0.05, 0.1) is 5.75 Å². The highest BCUT2D eigenvalue weighted by atomic mass is 32.2. The Labute approximate surface area is 78.7 Å². The molecule has 0 saturated heterocycles. The van der Waals surface area contributed by atoms with Gasteiger partial charge in [-0.05, 0) is 18.2 Å². The van der Waals surface area contributed by atoms with Crippen molar-refractivity contribution >= 4 is 17.7 Å².